The standard InChI is InChI=1S/C24H23FN4O2/c1-2-28(16-18-10-6-7-11-20(18)25)24(31)19-12-21-23(26-13-19)27-14-22(30)29(21)15-17-8-4-3-5-9-17/h3-13H,2,14-16H2,1H3,(H,26,27). The number of nitrogens with zero attached hydrogens (tertiary/aromatic N) is 3. The lowest BCUT2D eigenvalue weighted by atomic mass is 10.1. The zero-order valence-corrected chi connectivity index (χ0v) is 17.2. The number of carbonyl (C=O) groups excluding carboxylic acids is 2. The first-order valence-corrected chi connectivity index (χ1v) is 10.2. The zero-order chi connectivity index (χ0) is 21.8. The van der Waals surface area contributed by atoms with Crippen molar-refractivity contribution in [2.24, 2.45) is 0 Å². The Morgan fingerprint density at radius 2 is 1.90 bits per heavy atom. The molecule has 0 radical (unpaired) electrons. The van der Waals surface area contributed by atoms with Gasteiger partial charge in [-0.25, -0.2) is 9.37 Å². The van der Waals surface area contributed by atoms with Gasteiger partial charge in [-0.05, 0) is 24.6 Å². The molecule has 0 atom stereocenters. The number of anilines is 2. The normalized spacial score (nSPS) is 12.8. The maximum atomic E-state index is 14.1. The van der Waals surface area contributed by atoms with Crippen molar-refractivity contribution in [3.63, 3.8) is 0 Å². The molecular formula is C24H23FN4O2. The second kappa shape index (κ2) is 8.95. The van der Waals surface area contributed by atoms with Gasteiger partial charge in [-0.15, -0.1) is 0 Å². The molecule has 0 saturated carbocycles. The third-order valence-corrected chi connectivity index (χ3v) is 5.28. The molecule has 0 spiro atoms. The first kappa shape index (κ1) is 20.5. The maximum Gasteiger partial charge on any atom is 0.255 e. The van der Waals surface area contributed by atoms with Crippen LogP contribution in [0.3, 0.4) is 0 Å². The fourth-order valence-corrected chi connectivity index (χ4v) is 3.58. The molecular weight excluding hydrogens is 395 g/mol. The number of nitrogens with one attached hydrogen (secondary N) is 1. The Bertz CT molecular complexity index is 1100. The van der Waals surface area contributed by atoms with E-state index in [9.17, 15) is 14.0 Å². The first-order chi connectivity index (χ1) is 15.1. The van der Waals surface area contributed by atoms with Crippen molar-refractivity contribution in [1.82, 2.24) is 9.88 Å². The number of hydrogen-bond donors (Lipinski definition) is 1. The number of pyridine rings is 1. The first-order valence-electron chi connectivity index (χ1n) is 10.2. The zero-order valence-electron chi connectivity index (χ0n) is 17.2. The molecule has 0 unspecified atom stereocenters. The number of rotatable bonds is 6. The third kappa shape index (κ3) is 4.40. The highest BCUT2D eigenvalue weighted by Gasteiger charge is 2.27. The van der Waals surface area contributed by atoms with Crippen LogP contribution in [0.2, 0.25) is 0 Å². The molecule has 158 valence electrons. The summed E-state index contributed by atoms with van der Waals surface area (Å²) in [6.07, 6.45) is 1.49. The van der Waals surface area contributed by atoms with Crippen molar-refractivity contribution in [2.45, 2.75) is 20.0 Å². The van der Waals surface area contributed by atoms with E-state index in [1.54, 1.807) is 34.1 Å². The van der Waals surface area contributed by atoms with Gasteiger partial charge in [0.15, 0.2) is 5.82 Å². The van der Waals surface area contributed by atoms with E-state index in [-0.39, 0.29) is 30.7 Å². The predicted octanol–water partition coefficient (Wildman–Crippen LogP) is 3.84. The summed E-state index contributed by atoms with van der Waals surface area (Å²) in [4.78, 5) is 33.3. The summed E-state index contributed by atoms with van der Waals surface area (Å²) in [5, 5.41) is 3.01. The lowest BCUT2D eigenvalue weighted by Gasteiger charge is -2.30. The van der Waals surface area contributed by atoms with Crippen LogP contribution in [-0.2, 0) is 17.9 Å². The van der Waals surface area contributed by atoms with Crippen molar-refractivity contribution < 1.29 is 14.0 Å². The molecule has 2 amide bonds. The molecule has 0 fully saturated rings. The lowest BCUT2D eigenvalue weighted by Crippen LogP contribution is -2.40. The van der Waals surface area contributed by atoms with Crippen LogP contribution in [0.1, 0.15) is 28.4 Å². The van der Waals surface area contributed by atoms with E-state index in [0.717, 1.165) is 5.56 Å². The monoisotopic (exact) mass is 418 g/mol. The molecule has 4 rings (SSSR count). The highest BCUT2D eigenvalue weighted by atomic mass is 19.1. The molecule has 0 saturated heterocycles. The smallest absolute Gasteiger partial charge is 0.255 e. The van der Waals surface area contributed by atoms with Gasteiger partial charge in [0.05, 0.1) is 24.3 Å². The quantitative estimate of drug-likeness (QED) is 0.661. The van der Waals surface area contributed by atoms with Gasteiger partial charge in [0.1, 0.15) is 5.82 Å². The van der Waals surface area contributed by atoms with Crippen LogP contribution in [-0.4, -0.2) is 34.8 Å². The Kier molecular flexibility index (Phi) is 5.93. The molecule has 3 aromatic rings. The second-order valence-electron chi connectivity index (χ2n) is 7.32. The van der Waals surface area contributed by atoms with Crippen molar-refractivity contribution in [3.05, 3.63) is 89.4 Å². The van der Waals surface area contributed by atoms with E-state index in [1.807, 2.05) is 37.3 Å². The van der Waals surface area contributed by atoms with Gasteiger partial charge < -0.3 is 15.1 Å². The number of fused-ring (bicyclic) bond motifs is 1. The Labute approximate surface area is 180 Å². The van der Waals surface area contributed by atoms with E-state index in [0.29, 0.717) is 35.7 Å². The predicted molar refractivity (Wildman–Crippen MR) is 117 cm³/mol. The van der Waals surface area contributed by atoms with Crippen LogP contribution < -0.4 is 10.2 Å². The molecule has 1 aromatic heterocycles. The molecule has 7 heteroatoms. The molecule has 2 heterocycles. The largest absolute Gasteiger partial charge is 0.359 e. The highest BCUT2D eigenvalue weighted by molar-refractivity contribution is 6.04. The molecule has 6 nitrogen and oxygen atoms in total. The minimum Gasteiger partial charge on any atom is -0.359 e. The summed E-state index contributed by atoms with van der Waals surface area (Å²) in [6, 6.07) is 17.8. The Morgan fingerprint density at radius 1 is 1.16 bits per heavy atom. The second-order valence-corrected chi connectivity index (χ2v) is 7.32. The molecule has 0 bridgehead atoms. The molecule has 1 N–H and O–H groups in total. The van der Waals surface area contributed by atoms with Gasteiger partial charge >= 0.3 is 0 Å². The fraction of sp³-hybridized carbons (Fsp3) is 0.208. The molecule has 1 aliphatic heterocycles. The molecule has 1 aliphatic rings. The number of halogens is 1. The van der Waals surface area contributed by atoms with Gasteiger partial charge in [0.2, 0.25) is 5.91 Å². The lowest BCUT2D eigenvalue weighted by molar-refractivity contribution is -0.117. The third-order valence-electron chi connectivity index (χ3n) is 5.28. The van der Waals surface area contributed by atoms with E-state index >= 15 is 0 Å². The molecule has 0 aliphatic carbocycles. The summed E-state index contributed by atoms with van der Waals surface area (Å²) in [6.45, 7) is 2.95. The van der Waals surface area contributed by atoms with E-state index in [4.69, 9.17) is 0 Å². The van der Waals surface area contributed by atoms with Crippen LogP contribution in [0.4, 0.5) is 15.9 Å². The van der Waals surface area contributed by atoms with Crippen LogP contribution >= 0.6 is 0 Å². The number of amides is 2. The Morgan fingerprint density at radius 3 is 2.65 bits per heavy atom. The minimum absolute atomic E-state index is 0.0959. The minimum atomic E-state index is -0.346. The summed E-state index contributed by atoms with van der Waals surface area (Å²) >= 11 is 0. The van der Waals surface area contributed by atoms with Crippen molar-refractivity contribution in [1.29, 1.82) is 0 Å². The van der Waals surface area contributed by atoms with Crippen LogP contribution in [0.5, 0.6) is 0 Å². The number of carbonyl (C=O) groups is 2. The topological polar surface area (TPSA) is 65.5 Å². The van der Waals surface area contributed by atoms with E-state index in [1.165, 1.54) is 12.3 Å². The van der Waals surface area contributed by atoms with Gasteiger partial charge in [-0.1, -0.05) is 48.5 Å². The number of hydrogen-bond acceptors (Lipinski definition) is 4. The average molecular weight is 418 g/mol. The van der Waals surface area contributed by atoms with Gasteiger partial charge in [0, 0.05) is 24.8 Å². The van der Waals surface area contributed by atoms with Crippen LogP contribution in [0, 0.1) is 5.82 Å². The van der Waals surface area contributed by atoms with Crippen LogP contribution in [0.15, 0.2) is 66.9 Å². The summed E-state index contributed by atoms with van der Waals surface area (Å²) in [5.41, 5.74) is 2.35. The Balaban J connectivity index is 1.62. The van der Waals surface area contributed by atoms with Crippen molar-refractivity contribution in [3.8, 4) is 0 Å². The van der Waals surface area contributed by atoms with Gasteiger partial charge in [-0.3, -0.25) is 9.59 Å². The molecule has 31 heavy (non-hydrogen) atoms. The van der Waals surface area contributed by atoms with Crippen LogP contribution in [0.25, 0.3) is 0 Å². The highest BCUT2D eigenvalue weighted by Crippen LogP contribution is 2.30. The fourth-order valence-electron chi connectivity index (χ4n) is 3.58. The van der Waals surface area contributed by atoms with E-state index in [2.05, 4.69) is 10.3 Å². The van der Waals surface area contributed by atoms with Gasteiger partial charge in [-0.2, -0.15) is 0 Å². The molecule has 2 aromatic carbocycles. The van der Waals surface area contributed by atoms with E-state index < -0.39 is 0 Å². The summed E-state index contributed by atoms with van der Waals surface area (Å²) in [7, 11) is 0. The number of aromatic nitrogens is 1. The number of benzene rings is 2. The van der Waals surface area contributed by atoms with Crippen molar-refractivity contribution >= 4 is 23.3 Å². The summed E-state index contributed by atoms with van der Waals surface area (Å²) in [5.74, 6) is -0.148. The SMILES string of the molecule is CCN(Cc1ccccc1F)C(=O)c1cnc2c(c1)N(Cc1ccccc1)C(=O)CN2. The maximum absolute atomic E-state index is 14.1. The van der Waals surface area contributed by atoms with Gasteiger partial charge in [0.25, 0.3) is 5.91 Å². The summed E-state index contributed by atoms with van der Waals surface area (Å²) < 4.78 is 14.1. The Hall–Kier alpha value is -3.74. The van der Waals surface area contributed by atoms with Crippen molar-refractivity contribution in [2.75, 3.05) is 23.3 Å². The average Bonchev–Trinajstić information content (AvgIpc) is 2.80.